The van der Waals surface area contributed by atoms with Gasteiger partial charge in [-0.1, -0.05) is 45.8 Å². The monoisotopic (exact) mass is 532 g/mol. The molecule has 2 bridgehead atoms. The lowest BCUT2D eigenvalue weighted by molar-refractivity contribution is -0.157. The molecule has 8 atom stereocenters. The summed E-state index contributed by atoms with van der Waals surface area (Å²) in [6, 6.07) is -1.50. The summed E-state index contributed by atoms with van der Waals surface area (Å²) < 4.78 is 12.2. The fourth-order valence-electron chi connectivity index (χ4n) is 6.83. The van der Waals surface area contributed by atoms with Gasteiger partial charge in [-0.3, -0.25) is 14.4 Å². The van der Waals surface area contributed by atoms with E-state index < -0.39 is 41.6 Å². The number of hydrogen-bond donors (Lipinski definition) is 1. The Bertz CT molecular complexity index is 877. The Morgan fingerprint density at radius 2 is 2.00 bits per heavy atom. The highest BCUT2D eigenvalue weighted by molar-refractivity contribution is 5.98. The SMILES string of the molecule is C=CCCCCOC(=O)[C@@H]1[C@@H]2CCC3(O2)C(C(=O)N(CC=C)C(C)CCC)N([C@@H](CO)[C@@H](C)CC)C(=O)[C@H]13. The van der Waals surface area contributed by atoms with E-state index in [1.54, 1.807) is 15.9 Å². The fourth-order valence-corrected chi connectivity index (χ4v) is 6.83. The highest BCUT2D eigenvalue weighted by Crippen LogP contribution is 2.59. The van der Waals surface area contributed by atoms with Gasteiger partial charge in [0, 0.05) is 12.6 Å². The first-order chi connectivity index (χ1) is 18.2. The van der Waals surface area contributed by atoms with Crippen LogP contribution in [-0.2, 0) is 23.9 Å². The number of hydrogen-bond acceptors (Lipinski definition) is 6. The van der Waals surface area contributed by atoms with E-state index in [9.17, 15) is 19.5 Å². The van der Waals surface area contributed by atoms with Crippen molar-refractivity contribution < 1.29 is 29.0 Å². The molecule has 3 aliphatic heterocycles. The van der Waals surface area contributed by atoms with Crippen LogP contribution in [0.2, 0.25) is 0 Å². The maximum atomic E-state index is 14.4. The average molecular weight is 533 g/mol. The van der Waals surface area contributed by atoms with Gasteiger partial charge in [-0.25, -0.2) is 0 Å². The number of rotatable bonds is 16. The Morgan fingerprint density at radius 3 is 2.61 bits per heavy atom. The Morgan fingerprint density at radius 1 is 1.26 bits per heavy atom. The zero-order chi connectivity index (χ0) is 28.0. The molecule has 38 heavy (non-hydrogen) atoms. The van der Waals surface area contributed by atoms with Crippen molar-refractivity contribution in [2.75, 3.05) is 19.8 Å². The Labute approximate surface area is 228 Å². The predicted octanol–water partition coefficient (Wildman–Crippen LogP) is 3.87. The third-order valence-electron chi connectivity index (χ3n) is 8.98. The molecule has 3 rings (SSSR count). The Hall–Kier alpha value is -2.19. The van der Waals surface area contributed by atoms with E-state index in [0.717, 1.165) is 38.5 Å². The number of likely N-dealkylation sites (tertiary alicyclic amines) is 1. The summed E-state index contributed by atoms with van der Waals surface area (Å²) in [5.41, 5.74) is -1.10. The molecular formula is C30H48N2O6. The maximum Gasteiger partial charge on any atom is 0.312 e. The molecule has 3 aliphatic rings. The number of carbonyl (C=O) groups is 3. The highest BCUT2D eigenvalue weighted by Gasteiger charge is 2.75. The van der Waals surface area contributed by atoms with Crippen LogP contribution in [0.5, 0.6) is 0 Å². The standard InChI is InChI=1S/C30H48N2O6/c1-7-11-12-13-18-37-29(36)24-23-15-16-30(38-23)25(24)27(34)32(22(19-33)20(5)10-4)26(30)28(35)31(17-9-3)21(6)14-8-2/h7,9,20-26,33H,1,3,8,10-19H2,2,4-6H3/t20-,21?,22-,23-,24+,25-,26?,30?/m0/s1. The summed E-state index contributed by atoms with van der Waals surface area (Å²) >= 11 is 0. The van der Waals surface area contributed by atoms with Crippen molar-refractivity contribution in [1.29, 1.82) is 0 Å². The molecule has 3 unspecified atom stereocenters. The van der Waals surface area contributed by atoms with Gasteiger partial charge in [0.1, 0.15) is 11.6 Å². The lowest BCUT2D eigenvalue weighted by atomic mass is 9.70. The number of aliphatic hydroxyl groups is 1. The number of ether oxygens (including phenoxy) is 2. The molecule has 8 nitrogen and oxygen atoms in total. The zero-order valence-corrected chi connectivity index (χ0v) is 23.8. The van der Waals surface area contributed by atoms with E-state index in [-0.39, 0.29) is 37.0 Å². The van der Waals surface area contributed by atoms with Crippen LogP contribution in [0.15, 0.2) is 25.3 Å². The third kappa shape index (κ3) is 5.44. The molecule has 1 N–H and O–H groups in total. The van der Waals surface area contributed by atoms with Gasteiger partial charge in [-0.05, 0) is 51.4 Å². The minimum absolute atomic E-state index is 0.0390. The van der Waals surface area contributed by atoms with Crippen LogP contribution in [0.25, 0.3) is 0 Å². The van der Waals surface area contributed by atoms with E-state index in [4.69, 9.17) is 9.47 Å². The topological polar surface area (TPSA) is 96.4 Å². The molecule has 8 heteroatoms. The van der Waals surface area contributed by atoms with Crippen LogP contribution < -0.4 is 0 Å². The molecule has 0 aliphatic carbocycles. The molecule has 1 spiro atoms. The van der Waals surface area contributed by atoms with E-state index in [1.807, 2.05) is 26.8 Å². The van der Waals surface area contributed by atoms with E-state index in [2.05, 4.69) is 20.1 Å². The number of nitrogens with zero attached hydrogens (tertiary/aromatic N) is 2. The molecule has 0 aromatic rings. The van der Waals surface area contributed by atoms with Gasteiger partial charge in [-0.2, -0.15) is 0 Å². The molecule has 0 saturated carbocycles. The molecular weight excluding hydrogens is 484 g/mol. The number of carbonyl (C=O) groups excluding carboxylic acids is 3. The third-order valence-corrected chi connectivity index (χ3v) is 8.98. The lowest BCUT2D eigenvalue weighted by Gasteiger charge is -2.42. The lowest BCUT2D eigenvalue weighted by Crippen LogP contribution is -2.60. The number of amides is 2. The number of esters is 1. The first kappa shape index (κ1) is 30.4. The Balaban J connectivity index is 2.00. The van der Waals surface area contributed by atoms with Gasteiger partial charge < -0.3 is 24.4 Å². The van der Waals surface area contributed by atoms with Gasteiger partial charge >= 0.3 is 5.97 Å². The number of fused-ring (bicyclic) bond motifs is 1. The molecule has 3 saturated heterocycles. The molecule has 0 aromatic heterocycles. The molecule has 3 heterocycles. The Kier molecular flexibility index (Phi) is 10.6. The van der Waals surface area contributed by atoms with E-state index in [0.29, 0.717) is 19.4 Å². The molecule has 214 valence electrons. The first-order valence-electron chi connectivity index (χ1n) is 14.5. The van der Waals surface area contributed by atoms with Crippen LogP contribution >= 0.6 is 0 Å². The minimum Gasteiger partial charge on any atom is -0.465 e. The molecule has 3 fully saturated rings. The van der Waals surface area contributed by atoms with Crippen molar-refractivity contribution in [3.8, 4) is 0 Å². The number of aliphatic hydroxyl groups excluding tert-OH is 1. The summed E-state index contributed by atoms with van der Waals surface area (Å²) in [6.07, 6.45) is 9.12. The van der Waals surface area contributed by atoms with Crippen LogP contribution in [0, 0.1) is 17.8 Å². The van der Waals surface area contributed by atoms with Crippen LogP contribution in [0.3, 0.4) is 0 Å². The largest absolute Gasteiger partial charge is 0.465 e. The zero-order valence-electron chi connectivity index (χ0n) is 23.8. The van der Waals surface area contributed by atoms with Crippen LogP contribution in [-0.4, -0.2) is 82.3 Å². The second kappa shape index (κ2) is 13.2. The first-order valence-corrected chi connectivity index (χ1v) is 14.5. The molecule has 0 aromatic carbocycles. The van der Waals surface area contributed by atoms with Gasteiger partial charge in [0.2, 0.25) is 11.8 Å². The van der Waals surface area contributed by atoms with E-state index >= 15 is 0 Å². The van der Waals surface area contributed by atoms with Crippen molar-refractivity contribution in [2.45, 2.75) is 109 Å². The average Bonchev–Trinajstić information content (AvgIpc) is 3.55. The summed E-state index contributed by atoms with van der Waals surface area (Å²) in [5.74, 6) is -2.47. The van der Waals surface area contributed by atoms with Crippen LogP contribution in [0.1, 0.15) is 79.1 Å². The van der Waals surface area contributed by atoms with Crippen molar-refractivity contribution in [3.63, 3.8) is 0 Å². The van der Waals surface area contributed by atoms with Crippen molar-refractivity contribution in [3.05, 3.63) is 25.3 Å². The predicted molar refractivity (Wildman–Crippen MR) is 146 cm³/mol. The van der Waals surface area contributed by atoms with Gasteiger partial charge in [-0.15, -0.1) is 13.2 Å². The number of allylic oxidation sites excluding steroid dienone is 1. The number of unbranched alkanes of at least 4 members (excludes halogenated alkanes) is 2. The normalized spacial score (nSPS) is 30.0. The summed E-state index contributed by atoms with van der Waals surface area (Å²) in [7, 11) is 0. The quantitative estimate of drug-likeness (QED) is 0.184. The van der Waals surface area contributed by atoms with Crippen molar-refractivity contribution in [2.24, 2.45) is 17.8 Å². The molecule has 2 amide bonds. The maximum absolute atomic E-state index is 14.4. The fraction of sp³-hybridized carbons (Fsp3) is 0.767. The van der Waals surface area contributed by atoms with Gasteiger partial charge in [0.25, 0.3) is 0 Å². The summed E-state index contributed by atoms with van der Waals surface area (Å²) in [4.78, 5) is 45.4. The molecule has 0 radical (unpaired) electrons. The second-order valence-electron chi connectivity index (χ2n) is 11.3. The summed E-state index contributed by atoms with van der Waals surface area (Å²) in [6.45, 7) is 16.0. The minimum atomic E-state index is -1.10. The van der Waals surface area contributed by atoms with Gasteiger partial charge in [0.05, 0.1) is 37.2 Å². The van der Waals surface area contributed by atoms with Crippen LogP contribution in [0.4, 0.5) is 0 Å². The van der Waals surface area contributed by atoms with Crippen molar-refractivity contribution in [1.82, 2.24) is 9.80 Å². The van der Waals surface area contributed by atoms with E-state index in [1.165, 1.54) is 0 Å². The van der Waals surface area contributed by atoms with Crippen molar-refractivity contribution >= 4 is 17.8 Å². The smallest absolute Gasteiger partial charge is 0.312 e. The second-order valence-corrected chi connectivity index (χ2v) is 11.3. The van der Waals surface area contributed by atoms with Gasteiger partial charge in [0.15, 0.2) is 0 Å². The highest BCUT2D eigenvalue weighted by atomic mass is 16.6. The summed E-state index contributed by atoms with van der Waals surface area (Å²) in [5, 5.41) is 10.5.